The summed E-state index contributed by atoms with van der Waals surface area (Å²) in [5.41, 5.74) is 0. The lowest BCUT2D eigenvalue weighted by atomic mass is 10.3. The maximum Gasteiger partial charge on any atom is 0.328 e. The number of rotatable bonds is 5. The van der Waals surface area contributed by atoms with Crippen LogP contribution in [0.5, 0.6) is 0 Å². The van der Waals surface area contributed by atoms with Gasteiger partial charge in [-0.2, -0.15) is 23.5 Å². The van der Waals surface area contributed by atoms with E-state index in [1.54, 1.807) is 0 Å². The van der Waals surface area contributed by atoms with Crippen molar-refractivity contribution in [2.45, 2.75) is 11.3 Å². The highest BCUT2D eigenvalue weighted by Crippen LogP contribution is 2.23. The molecule has 6 nitrogen and oxygen atoms in total. The lowest BCUT2D eigenvalue weighted by Crippen LogP contribution is -2.49. The van der Waals surface area contributed by atoms with Gasteiger partial charge in [0.05, 0.1) is 6.61 Å². The maximum atomic E-state index is 11.3. The third-order valence-corrected chi connectivity index (χ3v) is 5.01. The number of carbonyl (C=O) groups is 2. The van der Waals surface area contributed by atoms with Gasteiger partial charge in [-0.15, -0.1) is 0 Å². The van der Waals surface area contributed by atoms with Crippen molar-refractivity contribution in [3.05, 3.63) is 0 Å². The van der Waals surface area contributed by atoms with E-state index < -0.39 is 24.6 Å². The molecular weight excluding hydrogens is 264 g/mol. The van der Waals surface area contributed by atoms with Crippen molar-refractivity contribution in [3.8, 4) is 0 Å². The Balaban J connectivity index is 2.21. The molecule has 0 radical (unpaired) electrons. The number of aliphatic carboxylic acids is 1. The van der Waals surface area contributed by atoms with Crippen LogP contribution in [0.4, 0.5) is 4.79 Å². The number of nitrogens with one attached hydrogen (secondary N) is 2. The largest absolute Gasteiger partial charge is 0.480 e. The van der Waals surface area contributed by atoms with Crippen LogP contribution < -0.4 is 10.6 Å². The second-order valence-corrected chi connectivity index (χ2v) is 6.05. The number of amides is 2. The summed E-state index contributed by atoms with van der Waals surface area (Å²) in [6.07, 6.45) is 0. The monoisotopic (exact) mass is 280 g/mol. The van der Waals surface area contributed by atoms with E-state index in [4.69, 9.17) is 10.2 Å². The van der Waals surface area contributed by atoms with Crippen LogP contribution in [0.1, 0.15) is 0 Å². The highest BCUT2D eigenvalue weighted by Gasteiger charge is 2.20. The SMILES string of the molecule is O=C(NCC1CSCCS1)N[C@@H](CO)C(=O)O. The molecule has 2 amide bonds. The van der Waals surface area contributed by atoms with Crippen molar-refractivity contribution in [1.82, 2.24) is 10.6 Å². The van der Waals surface area contributed by atoms with Crippen LogP contribution in [-0.2, 0) is 4.79 Å². The van der Waals surface area contributed by atoms with E-state index in [2.05, 4.69) is 10.6 Å². The molecule has 4 N–H and O–H groups in total. The molecule has 0 aliphatic carbocycles. The number of thioether (sulfide) groups is 2. The van der Waals surface area contributed by atoms with Gasteiger partial charge in [-0.05, 0) is 0 Å². The predicted molar refractivity (Wildman–Crippen MR) is 68.6 cm³/mol. The van der Waals surface area contributed by atoms with E-state index >= 15 is 0 Å². The molecule has 0 saturated carbocycles. The van der Waals surface area contributed by atoms with Gasteiger partial charge in [-0.1, -0.05) is 0 Å². The Morgan fingerprint density at radius 3 is 2.71 bits per heavy atom. The van der Waals surface area contributed by atoms with Crippen LogP contribution in [0.3, 0.4) is 0 Å². The zero-order valence-electron chi connectivity index (χ0n) is 9.22. The van der Waals surface area contributed by atoms with E-state index in [1.165, 1.54) is 0 Å². The number of hydrogen-bond donors (Lipinski definition) is 4. The molecule has 1 aliphatic heterocycles. The van der Waals surface area contributed by atoms with Crippen LogP contribution >= 0.6 is 23.5 Å². The van der Waals surface area contributed by atoms with Crippen molar-refractivity contribution < 1.29 is 19.8 Å². The first-order valence-electron chi connectivity index (χ1n) is 5.21. The summed E-state index contributed by atoms with van der Waals surface area (Å²) < 4.78 is 0. The van der Waals surface area contributed by atoms with Gasteiger partial charge in [0.2, 0.25) is 0 Å². The third-order valence-electron chi connectivity index (χ3n) is 2.16. The molecule has 1 aliphatic rings. The fourth-order valence-electron chi connectivity index (χ4n) is 1.26. The summed E-state index contributed by atoms with van der Waals surface area (Å²) in [6.45, 7) is -0.0992. The third kappa shape index (κ3) is 5.51. The van der Waals surface area contributed by atoms with Crippen LogP contribution in [0, 0.1) is 0 Å². The smallest absolute Gasteiger partial charge is 0.328 e. The number of carboxylic acid groups (broad SMARTS) is 1. The minimum absolute atomic E-state index is 0.372. The molecule has 1 heterocycles. The van der Waals surface area contributed by atoms with Gasteiger partial charge in [0.25, 0.3) is 0 Å². The number of aliphatic hydroxyl groups excluding tert-OH is 1. The van der Waals surface area contributed by atoms with E-state index in [1.807, 2.05) is 23.5 Å². The summed E-state index contributed by atoms with van der Waals surface area (Å²) in [7, 11) is 0. The average Bonchev–Trinajstić information content (AvgIpc) is 2.34. The molecule has 0 aromatic rings. The van der Waals surface area contributed by atoms with Gasteiger partial charge in [-0.25, -0.2) is 9.59 Å². The summed E-state index contributed by atoms with van der Waals surface area (Å²) in [5.74, 6) is 1.96. The molecule has 1 unspecified atom stereocenters. The molecule has 98 valence electrons. The number of hydrogen-bond acceptors (Lipinski definition) is 5. The average molecular weight is 280 g/mol. The summed E-state index contributed by atoms with van der Waals surface area (Å²) in [4.78, 5) is 21.9. The Labute approximate surface area is 108 Å². The first-order valence-corrected chi connectivity index (χ1v) is 7.41. The van der Waals surface area contributed by atoms with Crippen molar-refractivity contribution in [3.63, 3.8) is 0 Å². The van der Waals surface area contributed by atoms with E-state index in [0.717, 1.165) is 17.3 Å². The fourth-order valence-corrected chi connectivity index (χ4v) is 3.87. The molecule has 8 heteroatoms. The van der Waals surface area contributed by atoms with Crippen molar-refractivity contribution in [1.29, 1.82) is 0 Å². The Bertz CT molecular complexity index is 272. The van der Waals surface area contributed by atoms with Gasteiger partial charge < -0.3 is 20.8 Å². The molecule has 0 bridgehead atoms. The van der Waals surface area contributed by atoms with Crippen molar-refractivity contribution >= 4 is 35.5 Å². The second-order valence-electron chi connectivity index (χ2n) is 3.50. The quantitative estimate of drug-likeness (QED) is 0.546. The van der Waals surface area contributed by atoms with Crippen molar-refractivity contribution in [2.24, 2.45) is 0 Å². The van der Waals surface area contributed by atoms with E-state index in [9.17, 15) is 9.59 Å². The minimum atomic E-state index is -1.25. The number of carboxylic acids is 1. The fraction of sp³-hybridized carbons (Fsp3) is 0.778. The zero-order chi connectivity index (χ0) is 12.7. The minimum Gasteiger partial charge on any atom is -0.480 e. The predicted octanol–water partition coefficient (Wildman–Crippen LogP) is -0.420. The lowest BCUT2D eigenvalue weighted by molar-refractivity contribution is -0.140. The number of carbonyl (C=O) groups excluding carboxylic acids is 1. The van der Waals surface area contributed by atoms with Crippen LogP contribution in [-0.4, -0.2) is 63.9 Å². The molecule has 2 atom stereocenters. The first kappa shape index (κ1) is 14.5. The Kier molecular flexibility index (Phi) is 6.53. The Morgan fingerprint density at radius 1 is 1.41 bits per heavy atom. The van der Waals surface area contributed by atoms with Gasteiger partial charge in [0, 0.05) is 29.1 Å². The standard InChI is InChI=1S/C9H16N2O4S2/c12-4-7(8(13)14)11-9(15)10-3-6-5-16-1-2-17-6/h6-7,12H,1-5H2,(H,13,14)(H2,10,11,15)/t6?,7-/m0/s1. The van der Waals surface area contributed by atoms with Gasteiger partial charge >= 0.3 is 12.0 Å². The van der Waals surface area contributed by atoms with Gasteiger partial charge in [-0.3, -0.25) is 0 Å². The summed E-state index contributed by atoms with van der Waals surface area (Å²) in [5, 5.41) is 22.5. The maximum absolute atomic E-state index is 11.3. The second kappa shape index (κ2) is 7.67. The van der Waals surface area contributed by atoms with Crippen LogP contribution in [0.25, 0.3) is 0 Å². The van der Waals surface area contributed by atoms with Crippen LogP contribution in [0.2, 0.25) is 0 Å². The molecule has 0 aromatic heterocycles. The Morgan fingerprint density at radius 2 is 2.18 bits per heavy atom. The van der Waals surface area contributed by atoms with Crippen molar-refractivity contribution in [2.75, 3.05) is 30.4 Å². The molecule has 1 fully saturated rings. The van der Waals surface area contributed by atoms with Gasteiger partial charge in [0.1, 0.15) is 0 Å². The molecule has 0 spiro atoms. The summed E-state index contributed by atoms with van der Waals surface area (Å²) in [6, 6.07) is -1.80. The zero-order valence-corrected chi connectivity index (χ0v) is 10.9. The Hall–Kier alpha value is -0.600. The summed E-state index contributed by atoms with van der Waals surface area (Å²) >= 11 is 3.66. The first-order chi connectivity index (χ1) is 8.13. The molecule has 0 aromatic carbocycles. The number of aliphatic hydroxyl groups is 1. The molecule has 1 rings (SSSR count). The topological polar surface area (TPSA) is 98.7 Å². The normalized spacial score (nSPS) is 21.6. The lowest BCUT2D eigenvalue weighted by Gasteiger charge is -2.21. The number of urea groups is 1. The molecular formula is C9H16N2O4S2. The van der Waals surface area contributed by atoms with E-state index in [0.29, 0.717) is 11.8 Å². The van der Waals surface area contributed by atoms with Gasteiger partial charge in [0.15, 0.2) is 6.04 Å². The van der Waals surface area contributed by atoms with E-state index in [-0.39, 0.29) is 0 Å². The highest BCUT2D eigenvalue weighted by atomic mass is 32.2. The molecule has 17 heavy (non-hydrogen) atoms. The van der Waals surface area contributed by atoms with Crippen LogP contribution in [0.15, 0.2) is 0 Å². The highest BCUT2D eigenvalue weighted by molar-refractivity contribution is 8.06. The molecule has 1 saturated heterocycles.